The van der Waals surface area contributed by atoms with Gasteiger partial charge < -0.3 is 10.0 Å². The lowest BCUT2D eigenvalue weighted by Crippen LogP contribution is -2.44. The molecule has 1 N–H and O–H groups in total. The van der Waals surface area contributed by atoms with Crippen molar-refractivity contribution in [1.82, 2.24) is 9.80 Å². The Morgan fingerprint density at radius 3 is 2.55 bits per heavy atom. The Morgan fingerprint density at radius 1 is 1.16 bits per heavy atom. The lowest BCUT2D eigenvalue weighted by molar-refractivity contribution is -0.144. The monoisotopic (exact) mass is 519 g/mol. The number of hydrogen-bond acceptors (Lipinski definition) is 4. The summed E-state index contributed by atoms with van der Waals surface area (Å²) in [6, 6.07) is 14.9. The van der Waals surface area contributed by atoms with Crippen LogP contribution < -0.4 is 0 Å². The number of carboxylic acid groups (broad SMARTS) is 1. The number of nitrogens with zero attached hydrogens (tertiary/aromatic N) is 3. The van der Waals surface area contributed by atoms with Crippen molar-refractivity contribution in [2.24, 2.45) is 17.8 Å². The first-order valence-corrected chi connectivity index (χ1v) is 14.2. The van der Waals surface area contributed by atoms with E-state index in [0.717, 1.165) is 55.7 Å². The van der Waals surface area contributed by atoms with Crippen molar-refractivity contribution in [3.63, 3.8) is 0 Å². The third-order valence-corrected chi connectivity index (χ3v) is 8.75. The number of hydrogen-bond donors (Lipinski definition) is 1. The molecule has 204 valence electrons. The first kappa shape index (κ1) is 28.3. The number of rotatable bonds is 10. The second-order valence-electron chi connectivity index (χ2n) is 11.8. The predicted octanol–water partition coefficient (Wildman–Crippen LogP) is 5.87. The number of aryl methyl sites for hydroxylation is 2. The molecule has 4 rings (SSSR count). The van der Waals surface area contributed by atoms with Gasteiger partial charge in [-0.1, -0.05) is 50.6 Å². The van der Waals surface area contributed by atoms with E-state index < -0.39 is 12.0 Å². The van der Waals surface area contributed by atoms with Gasteiger partial charge in [-0.05, 0) is 92.3 Å². The maximum Gasteiger partial charge on any atom is 0.321 e. The normalized spacial score (nSPS) is 22.0. The Hall–Kier alpha value is -2.75. The molecule has 6 heteroatoms. The summed E-state index contributed by atoms with van der Waals surface area (Å²) in [5.41, 5.74) is 4.04. The highest BCUT2D eigenvalue weighted by Crippen LogP contribution is 2.36. The zero-order valence-electron chi connectivity index (χ0n) is 23.1. The second-order valence-corrected chi connectivity index (χ2v) is 11.8. The van der Waals surface area contributed by atoms with E-state index in [1.165, 1.54) is 30.9 Å². The fraction of sp³-hybridized carbons (Fsp3) is 0.562. The maximum absolute atomic E-state index is 14.1. The van der Waals surface area contributed by atoms with Crippen molar-refractivity contribution in [1.29, 1.82) is 5.26 Å². The van der Waals surface area contributed by atoms with Gasteiger partial charge in [0.25, 0.3) is 0 Å². The molecule has 2 aromatic rings. The van der Waals surface area contributed by atoms with Gasteiger partial charge in [0.1, 0.15) is 11.9 Å². The van der Waals surface area contributed by atoms with E-state index in [4.69, 9.17) is 0 Å². The van der Waals surface area contributed by atoms with Crippen molar-refractivity contribution in [2.75, 3.05) is 32.7 Å². The SMILES string of the molecule is Cc1cccc(CCCC2CCN(C[C@H]3CN([C@@H](C(=O)O)C(C)C)C[C@@H]3c3cccc(F)c3)CC2)c1C#N. The van der Waals surface area contributed by atoms with Crippen LogP contribution in [0, 0.1) is 41.8 Å². The van der Waals surface area contributed by atoms with Gasteiger partial charge in [-0.3, -0.25) is 9.69 Å². The standard InChI is InChI=1S/C32H42FN3O2/c1-22(2)31(32(37)38)36-20-27(30(21-36)26-11-6-12-28(33)17-26)19-35-15-13-24(14-16-35)8-5-10-25-9-4-7-23(3)29(25)18-34/h4,6-7,9,11-12,17,22,24,27,30-31H,5,8,10,13-16,19-21H2,1-3H3,(H,37,38)/t27-,30+,31+/m0/s1. The number of aliphatic carboxylic acids is 1. The summed E-state index contributed by atoms with van der Waals surface area (Å²) in [4.78, 5) is 16.7. The summed E-state index contributed by atoms with van der Waals surface area (Å²) in [5, 5.41) is 19.4. The zero-order chi connectivity index (χ0) is 27.2. The van der Waals surface area contributed by atoms with Crippen LogP contribution in [0.2, 0.25) is 0 Å². The summed E-state index contributed by atoms with van der Waals surface area (Å²) in [6.07, 6.45) is 5.59. The minimum absolute atomic E-state index is 0.0131. The van der Waals surface area contributed by atoms with Crippen molar-refractivity contribution < 1.29 is 14.3 Å². The lowest BCUT2D eigenvalue weighted by Gasteiger charge is -2.35. The van der Waals surface area contributed by atoms with Crippen LogP contribution in [0.5, 0.6) is 0 Å². The number of likely N-dealkylation sites (tertiary alicyclic amines) is 2. The number of nitriles is 1. The average molecular weight is 520 g/mol. The Balaban J connectivity index is 1.33. The number of benzene rings is 2. The number of piperidine rings is 1. The smallest absolute Gasteiger partial charge is 0.321 e. The Morgan fingerprint density at radius 2 is 1.89 bits per heavy atom. The molecular formula is C32H42FN3O2. The van der Waals surface area contributed by atoms with E-state index in [2.05, 4.69) is 21.9 Å². The van der Waals surface area contributed by atoms with Crippen LogP contribution >= 0.6 is 0 Å². The molecule has 0 aromatic heterocycles. The molecule has 0 radical (unpaired) electrons. The van der Waals surface area contributed by atoms with Crippen LogP contribution in [0.4, 0.5) is 4.39 Å². The van der Waals surface area contributed by atoms with Crippen molar-refractivity contribution in [3.05, 3.63) is 70.5 Å². The van der Waals surface area contributed by atoms with E-state index >= 15 is 0 Å². The van der Waals surface area contributed by atoms with E-state index in [1.807, 2.05) is 39.0 Å². The minimum Gasteiger partial charge on any atom is -0.480 e. The second kappa shape index (κ2) is 12.9. The predicted molar refractivity (Wildman–Crippen MR) is 148 cm³/mol. The highest BCUT2D eigenvalue weighted by Gasteiger charge is 2.41. The molecular weight excluding hydrogens is 477 g/mol. The summed E-state index contributed by atoms with van der Waals surface area (Å²) >= 11 is 0. The number of halogens is 1. The van der Waals surface area contributed by atoms with Crippen LogP contribution in [-0.4, -0.2) is 59.6 Å². The zero-order valence-corrected chi connectivity index (χ0v) is 23.1. The molecule has 2 heterocycles. The van der Waals surface area contributed by atoms with Crippen LogP contribution in [0.1, 0.15) is 67.7 Å². The van der Waals surface area contributed by atoms with Crippen molar-refractivity contribution in [3.8, 4) is 6.07 Å². The van der Waals surface area contributed by atoms with Gasteiger partial charge in [-0.2, -0.15) is 5.26 Å². The molecule has 0 spiro atoms. The topological polar surface area (TPSA) is 67.6 Å². The van der Waals surface area contributed by atoms with Crippen LogP contribution in [0.15, 0.2) is 42.5 Å². The molecule has 2 fully saturated rings. The third kappa shape index (κ3) is 6.81. The molecule has 3 atom stereocenters. The van der Waals surface area contributed by atoms with Crippen molar-refractivity contribution >= 4 is 5.97 Å². The minimum atomic E-state index is -0.771. The highest BCUT2D eigenvalue weighted by atomic mass is 19.1. The summed E-state index contributed by atoms with van der Waals surface area (Å²) in [5.74, 6) is 0.128. The van der Waals surface area contributed by atoms with Gasteiger partial charge in [0.15, 0.2) is 0 Å². The lowest BCUT2D eigenvalue weighted by atomic mass is 9.86. The summed E-state index contributed by atoms with van der Waals surface area (Å²) < 4.78 is 14.1. The molecule has 0 aliphatic carbocycles. The van der Waals surface area contributed by atoms with Crippen LogP contribution in [-0.2, 0) is 11.2 Å². The Bertz CT molecular complexity index is 1140. The van der Waals surface area contributed by atoms with E-state index in [-0.39, 0.29) is 23.6 Å². The first-order valence-electron chi connectivity index (χ1n) is 14.2. The summed E-state index contributed by atoms with van der Waals surface area (Å²) in [7, 11) is 0. The number of carboxylic acids is 1. The van der Waals surface area contributed by atoms with E-state index in [9.17, 15) is 19.6 Å². The average Bonchev–Trinajstić information content (AvgIpc) is 3.27. The molecule has 2 saturated heterocycles. The first-order chi connectivity index (χ1) is 18.3. The van der Waals surface area contributed by atoms with Gasteiger partial charge in [-0.25, -0.2) is 4.39 Å². The molecule has 0 bridgehead atoms. The van der Waals surface area contributed by atoms with Gasteiger partial charge in [0.2, 0.25) is 0 Å². The van der Waals surface area contributed by atoms with Gasteiger partial charge >= 0.3 is 5.97 Å². The van der Waals surface area contributed by atoms with Crippen LogP contribution in [0.25, 0.3) is 0 Å². The Labute approximate surface area is 227 Å². The maximum atomic E-state index is 14.1. The largest absolute Gasteiger partial charge is 0.480 e. The molecule has 2 aromatic carbocycles. The number of carbonyl (C=O) groups is 1. The molecule has 0 amide bonds. The molecule has 5 nitrogen and oxygen atoms in total. The van der Waals surface area contributed by atoms with E-state index in [0.29, 0.717) is 12.5 Å². The molecule has 2 aliphatic heterocycles. The molecule has 38 heavy (non-hydrogen) atoms. The molecule has 0 unspecified atom stereocenters. The highest BCUT2D eigenvalue weighted by molar-refractivity contribution is 5.73. The molecule has 2 aliphatic rings. The summed E-state index contributed by atoms with van der Waals surface area (Å²) in [6.45, 7) is 10.4. The third-order valence-electron chi connectivity index (χ3n) is 8.75. The van der Waals surface area contributed by atoms with Gasteiger partial charge in [-0.15, -0.1) is 0 Å². The quantitative estimate of drug-likeness (QED) is 0.426. The Kier molecular flexibility index (Phi) is 9.57. The fourth-order valence-corrected chi connectivity index (χ4v) is 6.76. The van der Waals surface area contributed by atoms with E-state index in [1.54, 1.807) is 12.1 Å². The van der Waals surface area contributed by atoms with Gasteiger partial charge in [0.05, 0.1) is 11.6 Å². The van der Waals surface area contributed by atoms with Crippen molar-refractivity contribution in [2.45, 2.75) is 64.8 Å². The van der Waals surface area contributed by atoms with Gasteiger partial charge in [0, 0.05) is 25.6 Å². The van der Waals surface area contributed by atoms with Crippen LogP contribution in [0.3, 0.4) is 0 Å². The molecule has 0 saturated carbocycles. The fourth-order valence-electron chi connectivity index (χ4n) is 6.76.